The van der Waals surface area contributed by atoms with Crippen LogP contribution in [0.25, 0.3) is 0 Å². The largest absolute Gasteiger partial charge is 0.462 e. The molecule has 0 aliphatic rings. The van der Waals surface area contributed by atoms with Crippen LogP contribution in [-0.2, 0) is 30.4 Å². The van der Waals surface area contributed by atoms with Gasteiger partial charge in [-0.05, 0) is 60.9 Å². The second kappa shape index (κ2) is 7.32. The summed E-state index contributed by atoms with van der Waals surface area (Å²) in [4.78, 5) is 12.1. The zero-order valence-electron chi connectivity index (χ0n) is 12.9. The maximum Gasteiger partial charge on any atom is 0.338 e. The van der Waals surface area contributed by atoms with Crippen molar-refractivity contribution in [3.8, 4) is 0 Å². The maximum absolute atomic E-state index is 12.1. The Kier molecular flexibility index (Phi) is 6.07. The lowest BCUT2D eigenvalue weighted by atomic mass is 9.87. The molecule has 0 aliphatic carbocycles. The molecule has 0 spiro atoms. The standard InChI is InChI=1S/C17H26O2/c1-6-12-11-16(17(18)19-10-5)15(9-4)14(8-3)13(12)7-2/h11H,6-10H2,1-5H3. The van der Waals surface area contributed by atoms with Gasteiger partial charge in [-0.15, -0.1) is 0 Å². The van der Waals surface area contributed by atoms with Crippen molar-refractivity contribution < 1.29 is 9.53 Å². The molecule has 2 nitrogen and oxygen atoms in total. The monoisotopic (exact) mass is 262 g/mol. The molecule has 19 heavy (non-hydrogen) atoms. The van der Waals surface area contributed by atoms with Crippen molar-refractivity contribution in [3.05, 3.63) is 33.9 Å². The second-order valence-electron chi connectivity index (χ2n) is 4.65. The van der Waals surface area contributed by atoms with Gasteiger partial charge in [0.05, 0.1) is 12.2 Å². The lowest BCUT2D eigenvalue weighted by molar-refractivity contribution is 0.0525. The molecular weight excluding hydrogens is 236 g/mol. The van der Waals surface area contributed by atoms with Gasteiger partial charge in [-0.3, -0.25) is 0 Å². The van der Waals surface area contributed by atoms with Crippen LogP contribution in [0.4, 0.5) is 0 Å². The van der Waals surface area contributed by atoms with Crippen molar-refractivity contribution in [1.82, 2.24) is 0 Å². The zero-order valence-corrected chi connectivity index (χ0v) is 12.9. The Morgan fingerprint density at radius 1 is 0.895 bits per heavy atom. The number of carbonyl (C=O) groups excluding carboxylic acids is 1. The summed E-state index contributed by atoms with van der Waals surface area (Å²) in [6, 6.07) is 2.05. The van der Waals surface area contributed by atoms with Crippen molar-refractivity contribution >= 4 is 5.97 Å². The Balaban J connectivity index is 3.50. The van der Waals surface area contributed by atoms with Crippen molar-refractivity contribution in [2.24, 2.45) is 0 Å². The van der Waals surface area contributed by atoms with E-state index in [1.807, 2.05) is 6.92 Å². The number of hydrogen-bond donors (Lipinski definition) is 0. The molecule has 0 bridgehead atoms. The van der Waals surface area contributed by atoms with Crippen LogP contribution in [0.3, 0.4) is 0 Å². The highest BCUT2D eigenvalue weighted by Crippen LogP contribution is 2.26. The zero-order chi connectivity index (χ0) is 14.4. The average molecular weight is 262 g/mol. The van der Waals surface area contributed by atoms with E-state index in [1.165, 1.54) is 22.3 Å². The third kappa shape index (κ3) is 3.17. The fourth-order valence-electron chi connectivity index (χ4n) is 2.86. The van der Waals surface area contributed by atoms with Crippen molar-refractivity contribution in [2.45, 2.75) is 60.3 Å². The molecule has 2 heteroatoms. The van der Waals surface area contributed by atoms with E-state index in [0.717, 1.165) is 31.2 Å². The molecule has 0 saturated carbocycles. The summed E-state index contributed by atoms with van der Waals surface area (Å²) >= 11 is 0. The third-order valence-electron chi connectivity index (χ3n) is 3.70. The van der Waals surface area contributed by atoms with Gasteiger partial charge in [0.1, 0.15) is 0 Å². The van der Waals surface area contributed by atoms with E-state index in [1.54, 1.807) is 0 Å². The summed E-state index contributed by atoms with van der Waals surface area (Å²) in [6.45, 7) is 10.9. The maximum atomic E-state index is 12.1. The molecule has 1 aromatic rings. The Labute approximate surface area is 117 Å². The van der Waals surface area contributed by atoms with Crippen molar-refractivity contribution in [3.63, 3.8) is 0 Å². The second-order valence-corrected chi connectivity index (χ2v) is 4.65. The molecule has 106 valence electrons. The first-order chi connectivity index (χ1) is 9.14. The fourth-order valence-corrected chi connectivity index (χ4v) is 2.86. The topological polar surface area (TPSA) is 26.3 Å². The van der Waals surface area contributed by atoms with Crippen LogP contribution < -0.4 is 0 Å². The van der Waals surface area contributed by atoms with Crippen LogP contribution in [-0.4, -0.2) is 12.6 Å². The molecule has 0 aliphatic heterocycles. The smallest absolute Gasteiger partial charge is 0.338 e. The number of ether oxygens (including phenoxy) is 1. The summed E-state index contributed by atoms with van der Waals surface area (Å²) in [7, 11) is 0. The molecule has 0 fully saturated rings. The molecule has 0 amide bonds. The summed E-state index contributed by atoms with van der Waals surface area (Å²) in [5.74, 6) is -0.175. The highest BCUT2D eigenvalue weighted by Gasteiger charge is 2.19. The van der Waals surface area contributed by atoms with E-state index in [4.69, 9.17) is 4.74 Å². The predicted molar refractivity (Wildman–Crippen MR) is 79.9 cm³/mol. The van der Waals surface area contributed by atoms with Crippen LogP contribution >= 0.6 is 0 Å². The van der Waals surface area contributed by atoms with Gasteiger partial charge in [-0.25, -0.2) is 4.79 Å². The van der Waals surface area contributed by atoms with E-state index in [2.05, 4.69) is 33.8 Å². The van der Waals surface area contributed by atoms with E-state index < -0.39 is 0 Å². The number of rotatable bonds is 6. The van der Waals surface area contributed by atoms with Crippen LogP contribution in [0.1, 0.15) is 67.2 Å². The summed E-state index contributed by atoms with van der Waals surface area (Å²) < 4.78 is 5.20. The minimum absolute atomic E-state index is 0.175. The first kappa shape index (κ1) is 15.7. The summed E-state index contributed by atoms with van der Waals surface area (Å²) in [5, 5.41) is 0. The number of aryl methyl sites for hydroxylation is 1. The van der Waals surface area contributed by atoms with Gasteiger partial charge >= 0.3 is 5.97 Å². The van der Waals surface area contributed by atoms with E-state index in [0.29, 0.717) is 6.61 Å². The Hall–Kier alpha value is -1.31. The normalized spacial score (nSPS) is 10.6. The number of benzene rings is 1. The first-order valence-electron chi connectivity index (χ1n) is 7.47. The fraction of sp³-hybridized carbons (Fsp3) is 0.588. The van der Waals surface area contributed by atoms with Gasteiger partial charge in [-0.2, -0.15) is 0 Å². The lowest BCUT2D eigenvalue weighted by Crippen LogP contribution is -2.13. The minimum atomic E-state index is -0.175. The van der Waals surface area contributed by atoms with Crippen molar-refractivity contribution in [2.75, 3.05) is 6.61 Å². The van der Waals surface area contributed by atoms with Gasteiger partial charge in [0.2, 0.25) is 0 Å². The first-order valence-corrected chi connectivity index (χ1v) is 7.47. The molecule has 1 aromatic carbocycles. The Bertz CT molecular complexity index is 447. The predicted octanol–water partition coefficient (Wildman–Crippen LogP) is 4.11. The van der Waals surface area contributed by atoms with Gasteiger partial charge in [0, 0.05) is 0 Å². The third-order valence-corrected chi connectivity index (χ3v) is 3.70. The molecular formula is C17H26O2. The number of carbonyl (C=O) groups is 1. The highest BCUT2D eigenvalue weighted by atomic mass is 16.5. The molecule has 0 unspecified atom stereocenters. The van der Waals surface area contributed by atoms with Crippen LogP contribution in [0, 0.1) is 0 Å². The van der Waals surface area contributed by atoms with Crippen LogP contribution in [0.15, 0.2) is 6.07 Å². The molecule has 0 aromatic heterocycles. The molecule has 0 saturated heterocycles. The van der Waals surface area contributed by atoms with E-state index in [9.17, 15) is 4.79 Å². The van der Waals surface area contributed by atoms with Gasteiger partial charge in [0.25, 0.3) is 0 Å². The average Bonchev–Trinajstić information content (AvgIpc) is 2.44. The molecule has 0 heterocycles. The van der Waals surface area contributed by atoms with Crippen LogP contribution in [0.5, 0.6) is 0 Å². The Morgan fingerprint density at radius 2 is 1.47 bits per heavy atom. The van der Waals surface area contributed by atoms with Gasteiger partial charge in [-0.1, -0.05) is 27.7 Å². The highest BCUT2D eigenvalue weighted by molar-refractivity contribution is 5.92. The summed E-state index contributed by atoms with van der Waals surface area (Å²) in [6.07, 6.45) is 3.86. The number of esters is 1. The molecule has 0 N–H and O–H groups in total. The SMILES string of the molecule is CCOC(=O)c1cc(CC)c(CC)c(CC)c1CC. The van der Waals surface area contributed by atoms with Gasteiger partial charge < -0.3 is 4.74 Å². The van der Waals surface area contributed by atoms with Crippen molar-refractivity contribution in [1.29, 1.82) is 0 Å². The van der Waals surface area contributed by atoms with E-state index in [-0.39, 0.29) is 5.97 Å². The quantitative estimate of drug-likeness (QED) is 0.721. The van der Waals surface area contributed by atoms with Crippen LogP contribution in [0.2, 0.25) is 0 Å². The van der Waals surface area contributed by atoms with E-state index >= 15 is 0 Å². The van der Waals surface area contributed by atoms with Gasteiger partial charge in [0.15, 0.2) is 0 Å². The summed E-state index contributed by atoms with van der Waals surface area (Å²) in [5.41, 5.74) is 6.02. The molecule has 1 rings (SSSR count). The molecule has 0 atom stereocenters. The lowest BCUT2D eigenvalue weighted by Gasteiger charge is -2.19. The Morgan fingerprint density at radius 3 is 1.89 bits per heavy atom. The minimum Gasteiger partial charge on any atom is -0.462 e. The molecule has 0 radical (unpaired) electrons. The number of hydrogen-bond acceptors (Lipinski definition) is 2.